The van der Waals surface area contributed by atoms with E-state index in [0.717, 1.165) is 79.0 Å². The lowest BCUT2D eigenvalue weighted by molar-refractivity contribution is -0.445. The third kappa shape index (κ3) is 28.3. The lowest BCUT2D eigenvalue weighted by Gasteiger charge is -2.38. The number of carbonyl (C=O) groups excluding carboxylic acids is 7. The number of fused-ring (bicyclic) bond motifs is 6. The molecule has 18 nitrogen and oxygen atoms in total. The van der Waals surface area contributed by atoms with Crippen molar-refractivity contribution in [3.8, 4) is 0 Å². The highest BCUT2D eigenvalue weighted by Gasteiger charge is 2.57. The lowest BCUT2D eigenvalue weighted by Crippen LogP contribution is -2.40. The fraction of sp³-hybridized carbons (Fsp3) is 0.455. The van der Waals surface area contributed by atoms with E-state index < -0.39 is 38.5 Å². The molecule has 7 aromatic carbocycles. The number of ether oxygens (including phenoxy) is 8. The van der Waals surface area contributed by atoms with Gasteiger partial charge in [0, 0.05) is 92.0 Å². The zero-order valence-electron chi connectivity index (χ0n) is 85.0. The minimum atomic E-state index is -0.584. The fourth-order valence-corrected chi connectivity index (χ4v) is 16.2. The highest BCUT2D eigenvalue weighted by atomic mass is 19.1. The van der Waals surface area contributed by atoms with Gasteiger partial charge in [-0.1, -0.05) is 318 Å². The van der Waals surface area contributed by atoms with Crippen molar-refractivity contribution in [1.29, 1.82) is 0 Å². The monoisotopic (exact) mass is 1800 g/mol. The highest BCUT2D eigenvalue weighted by molar-refractivity contribution is 5.90. The van der Waals surface area contributed by atoms with Crippen molar-refractivity contribution >= 4 is 41.8 Å². The van der Waals surface area contributed by atoms with Gasteiger partial charge in [-0.15, -0.1) is 0 Å². The van der Waals surface area contributed by atoms with Gasteiger partial charge in [-0.2, -0.15) is 0 Å². The number of nitro groups is 1. The van der Waals surface area contributed by atoms with E-state index in [1.165, 1.54) is 53.0 Å². The fourth-order valence-electron chi connectivity index (χ4n) is 16.2. The van der Waals surface area contributed by atoms with Crippen LogP contribution in [0.2, 0.25) is 0 Å². The maximum absolute atomic E-state index is 11.9. The van der Waals surface area contributed by atoms with Gasteiger partial charge in [-0.25, -0.2) is 28.8 Å². The molecule has 0 heterocycles. The molecule has 19 heteroatoms. The Bertz CT molecular complexity index is 4450. The molecule has 0 N–H and O–H groups in total. The van der Waals surface area contributed by atoms with E-state index >= 15 is 0 Å². The first kappa shape index (κ1) is 116. The van der Waals surface area contributed by atoms with Crippen LogP contribution in [0.3, 0.4) is 0 Å². The third-order valence-electron chi connectivity index (χ3n) is 25.8. The number of nitrogens with zero attached hydrogens (tertiary/aromatic N) is 1. The van der Waals surface area contributed by atoms with Gasteiger partial charge in [0.25, 0.3) is 0 Å². The maximum Gasteiger partial charge on any atom is 0.334 e. The second-order valence-electron chi connectivity index (χ2n) is 38.7. The molecule has 0 radical (unpaired) electrons. The number of esters is 7. The number of carbonyl (C=O) groups is 7. The molecule has 13 rings (SSSR count). The highest BCUT2D eigenvalue weighted by Crippen LogP contribution is 2.58. The van der Waals surface area contributed by atoms with Crippen LogP contribution in [0.15, 0.2) is 249 Å². The summed E-state index contributed by atoms with van der Waals surface area (Å²) in [6.45, 7) is 77.1. The molecule has 131 heavy (non-hydrogen) atoms. The molecule has 0 bridgehead atoms. The number of aryl methyl sites for hydroxylation is 1. The number of rotatable bonds is 12. The van der Waals surface area contributed by atoms with Gasteiger partial charge in [0.05, 0.1) is 14.3 Å². The number of hydrogen-bond acceptors (Lipinski definition) is 17. The number of hydrogen-bond donors (Lipinski definition) is 0. The quantitative estimate of drug-likeness (QED) is 0.0363. The van der Waals surface area contributed by atoms with Crippen LogP contribution in [0.4, 0.5) is 4.39 Å². The molecule has 0 saturated heterocycles. The molecule has 0 amide bonds. The second kappa shape index (κ2) is 48.1. The Morgan fingerprint density at radius 2 is 0.405 bits per heavy atom. The molecule has 0 aromatic heterocycles. The average molecular weight is 1800 g/mol. The standard InChI is InChI=1S/6C16H20O2.C7H8.C3H6O2.C2H6O.C2H6.CH3F.CH3NO2/c6*1-11(2)14(17)18-16(5)13-9-7-6-8-12(13)10-15(16,3)4;1-7-5-3-2-4-6-7;1-3(4)5-2;1-3-2;2*1-2;1-2(3)4/h6*6-9H,1,10H2,2-5H3;2-6H,1H3;1-2H3;1-2H3;1-2H3;1H3;1H3. The summed E-state index contributed by atoms with van der Waals surface area (Å²) in [6, 6.07) is 59.4. The number of alkyl halides is 1. The lowest BCUT2D eigenvalue weighted by atomic mass is 9.76. The molecule has 714 valence electrons. The van der Waals surface area contributed by atoms with Gasteiger partial charge < -0.3 is 37.9 Å². The van der Waals surface area contributed by atoms with Gasteiger partial charge in [0.15, 0.2) is 7.05 Å². The van der Waals surface area contributed by atoms with E-state index in [-0.39, 0.29) is 74.3 Å². The largest absolute Gasteiger partial charge is 0.469 e. The van der Waals surface area contributed by atoms with Crippen LogP contribution in [0, 0.1) is 49.5 Å². The van der Waals surface area contributed by atoms with E-state index in [2.05, 4.69) is 224 Å². The van der Waals surface area contributed by atoms with Crippen molar-refractivity contribution in [2.75, 3.05) is 35.6 Å². The van der Waals surface area contributed by atoms with Crippen molar-refractivity contribution in [2.45, 2.75) is 266 Å². The number of benzene rings is 7. The van der Waals surface area contributed by atoms with Crippen molar-refractivity contribution in [2.24, 2.45) is 32.5 Å². The summed E-state index contributed by atoms with van der Waals surface area (Å²) in [4.78, 5) is 89.2. The molecule has 7 aromatic rings. The second-order valence-corrected chi connectivity index (χ2v) is 38.7. The minimum Gasteiger partial charge on any atom is -0.469 e. The van der Waals surface area contributed by atoms with Gasteiger partial charge in [-0.05, 0) is 195 Å². The molecule has 6 atom stereocenters. The van der Waals surface area contributed by atoms with E-state index in [1.54, 1.807) is 55.8 Å². The first-order chi connectivity index (χ1) is 60.5. The zero-order chi connectivity index (χ0) is 101. The molecule has 0 fully saturated rings. The summed E-state index contributed by atoms with van der Waals surface area (Å²) >= 11 is 0. The minimum absolute atomic E-state index is 0.109. The smallest absolute Gasteiger partial charge is 0.334 e. The molecular formula is C112H152FNO17. The summed E-state index contributed by atoms with van der Waals surface area (Å²) in [6.07, 6.45) is 5.52. The normalized spacial score (nSPS) is 21.3. The Balaban J connectivity index is 0.000000507. The van der Waals surface area contributed by atoms with Crippen molar-refractivity contribution in [3.63, 3.8) is 0 Å². The molecule has 6 aliphatic rings. The SMILES string of the molecule is C=C(C)C(=O)OC1(C)c2ccccc2CC1(C)C.C=C(C)C(=O)OC1(C)c2ccccc2CC1(C)C.C=C(C)C(=O)OC1(C)c2ccccc2CC1(C)C.C=C(C)C(=O)OC1(C)c2ccccc2CC1(C)C.C=C(C)C(=O)OC1(C)c2ccccc2CC1(C)C.C=C(C)C(=O)OC1(C)c2ccccc2CC1(C)C.CC.CF.COC.COC(C)=O.C[N+](=O)[O-].Cc1ccccc1. The number of halogens is 1. The Morgan fingerprint density at radius 3 is 0.504 bits per heavy atom. The van der Waals surface area contributed by atoms with Crippen LogP contribution in [0.5, 0.6) is 0 Å². The van der Waals surface area contributed by atoms with E-state index in [0.29, 0.717) is 40.6 Å². The average Bonchev–Trinajstić information content (AvgIpc) is 1.62. The van der Waals surface area contributed by atoms with Crippen molar-refractivity contribution in [3.05, 3.63) is 331 Å². The Morgan fingerprint density at radius 1 is 0.290 bits per heavy atom. The van der Waals surface area contributed by atoms with Crippen LogP contribution in [-0.4, -0.2) is 82.3 Å². The summed E-state index contributed by atoms with van der Waals surface area (Å²) < 4.78 is 52.4. The van der Waals surface area contributed by atoms with Crippen molar-refractivity contribution < 1.29 is 80.8 Å². The van der Waals surface area contributed by atoms with E-state index in [9.17, 15) is 38.0 Å². The van der Waals surface area contributed by atoms with Crippen LogP contribution in [0.25, 0.3) is 0 Å². The molecule has 6 aliphatic carbocycles. The Hall–Kier alpha value is -11.4. The van der Waals surface area contributed by atoms with Gasteiger partial charge in [0.1, 0.15) is 33.6 Å². The predicted molar refractivity (Wildman–Crippen MR) is 526 cm³/mol. The first-order valence-corrected chi connectivity index (χ1v) is 44.2. The topological polar surface area (TPSA) is 236 Å². The van der Waals surface area contributed by atoms with Crippen LogP contribution >= 0.6 is 0 Å². The Kier molecular flexibility index (Phi) is 42.5. The van der Waals surface area contributed by atoms with Crippen LogP contribution in [0.1, 0.15) is 259 Å². The predicted octanol–water partition coefficient (Wildman–Crippen LogP) is 25.6. The summed E-state index contributed by atoms with van der Waals surface area (Å²) in [5, 5.41) is 8.81. The third-order valence-corrected chi connectivity index (χ3v) is 25.8. The van der Waals surface area contributed by atoms with Gasteiger partial charge in [0.2, 0.25) is 0 Å². The maximum atomic E-state index is 11.9. The summed E-state index contributed by atoms with van der Waals surface area (Å²) in [5.74, 6) is -2.15. The number of methoxy groups -OCH3 is 2. The Labute approximate surface area is 783 Å². The first-order valence-electron chi connectivity index (χ1n) is 44.2. The van der Waals surface area contributed by atoms with Crippen LogP contribution < -0.4 is 0 Å². The zero-order valence-corrected chi connectivity index (χ0v) is 85.0. The van der Waals surface area contributed by atoms with Crippen molar-refractivity contribution in [1.82, 2.24) is 0 Å². The molecule has 6 unspecified atom stereocenters. The summed E-state index contributed by atoms with van der Waals surface area (Å²) in [5.41, 5.74) is 14.1. The van der Waals surface area contributed by atoms with E-state index in [1.807, 2.05) is 146 Å². The molecule has 0 spiro atoms. The molecule has 0 aliphatic heterocycles. The molecular weight excluding hydrogens is 1650 g/mol. The van der Waals surface area contributed by atoms with Crippen LogP contribution in [-0.2, 0) is 144 Å². The van der Waals surface area contributed by atoms with Gasteiger partial charge in [-0.3, -0.25) is 19.3 Å². The van der Waals surface area contributed by atoms with E-state index in [4.69, 9.17) is 38.5 Å². The molecule has 0 saturated carbocycles. The van der Waals surface area contributed by atoms with Gasteiger partial charge >= 0.3 is 41.8 Å². The summed E-state index contributed by atoms with van der Waals surface area (Å²) in [7, 11) is 5.99.